The van der Waals surface area contributed by atoms with Crippen molar-refractivity contribution in [2.75, 3.05) is 6.61 Å². The largest absolute Gasteiger partial charge is 0.533 e. The summed E-state index contributed by atoms with van der Waals surface area (Å²) in [6, 6.07) is 9.47. The summed E-state index contributed by atoms with van der Waals surface area (Å²) in [7, 11) is 0. The van der Waals surface area contributed by atoms with E-state index in [9.17, 15) is 14.4 Å². The molecule has 100 valence electrons. The first-order chi connectivity index (χ1) is 9.16. The summed E-state index contributed by atoms with van der Waals surface area (Å²) in [6.45, 7) is 0.124. The monoisotopic (exact) mass is 263 g/mol. The van der Waals surface area contributed by atoms with Crippen LogP contribution in [-0.2, 0) is 25.6 Å². The number of imide groups is 1. The van der Waals surface area contributed by atoms with Crippen LogP contribution >= 0.6 is 0 Å². The Labute approximate surface area is 109 Å². The molecule has 0 spiro atoms. The molecule has 0 bridgehead atoms. The van der Waals surface area contributed by atoms with Gasteiger partial charge in [0, 0.05) is 19.3 Å². The predicted molar refractivity (Wildman–Crippen MR) is 63.7 cm³/mol. The van der Waals surface area contributed by atoms with Crippen molar-refractivity contribution in [1.29, 1.82) is 0 Å². The Bertz CT molecular complexity index is 469. The molecule has 0 atom stereocenters. The van der Waals surface area contributed by atoms with Crippen molar-refractivity contribution in [1.82, 2.24) is 5.06 Å². The number of nitrogens with zero attached hydrogens (tertiary/aromatic N) is 1. The zero-order chi connectivity index (χ0) is 13.7. The van der Waals surface area contributed by atoms with Gasteiger partial charge in [-0.05, 0) is 5.56 Å². The summed E-state index contributed by atoms with van der Waals surface area (Å²) < 4.78 is 4.80. The first-order valence-electron chi connectivity index (χ1n) is 5.91. The fraction of sp³-hybridized carbons (Fsp3) is 0.308. The van der Waals surface area contributed by atoms with E-state index in [4.69, 9.17) is 4.74 Å². The highest BCUT2D eigenvalue weighted by atomic mass is 16.8. The van der Waals surface area contributed by atoms with Crippen LogP contribution in [-0.4, -0.2) is 29.6 Å². The number of benzene rings is 1. The first-order valence-corrected chi connectivity index (χ1v) is 5.91. The molecular weight excluding hydrogens is 250 g/mol. The zero-order valence-electron chi connectivity index (χ0n) is 10.2. The van der Waals surface area contributed by atoms with Gasteiger partial charge in [0.15, 0.2) is 0 Å². The van der Waals surface area contributed by atoms with Gasteiger partial charge in [-0.2, -0.15) is 0 Å². The highest BCUT2D eigenvalue weighted by Gasteiger charge is 2.33. The Balaban J connectivity index is 1.73. The van der Waals surface area contributed by atoms with E-state index in [1.54, 1.807) is 0 Å². The molecular formula is C13H13NO5. The lowest BCUT2D eigenvalue weighted by molar-refractivity contribution is -0.177. The average molecular weight is 263 g/mol. The van der Waals surface area contributed by atoms with Crippen LogP contribution in [0.3, 0.4) is 0 Å². The fourth-order valence-electron chi connectivity index (χ4n) is 1.66. The van der Waals surface area contributed by atoms with E-state index < -0.39 is 18.0 Å². The Morgan fingerprint density at radius 3 is 2.37 bits per heavy atom. The second-order valence-corrected chi connectivity index (χ2v) is 4.01. The quantitative estimate of drug-likeness (QED) is 0.607. The van der Waals surface area contributed by atoms with E-state index in [0.717, 1.165) is 5.56 Å². The topological polar surface area (TPSA) is 72.9 Å². The standard InChI is InChI=1S/C13H13NO5/c15-11-6-7-12(16)14(11)19-13(17)18-9-8-10-4-2-1-3-5-10/h1-5H,6-9H2. The molecule has 0 saturated carbocycles. The molecule has 0 N–H and O–H groups in total. The predicted octanol–water partition coefficient (Wildman–Crippen LogP) is 1.45. The molecule has 1 aromatic rings. The third-order valence-corrected chi connectivity index (χ3v) is 2.63. The normalized spacial score (nSPS) is 14.6. The van der Waals surface area contributed by atoms with Crippen LogP contribution < -0.4 is 0 Å². The van der Waals surface area contributed by atoms with Crippen molar-refractivity contribution >= 4 is 18.0 Å². The van der Waals surface area contributed by atoms with Crippen LogP contribution in [0.25, 0.3) is 0 Å². The Morgan fingerprint density at radius 2 is 1.74 bits per heavy atom. The number of amides is 2. The lowest BCUT2D eigenvalue weighted by Gasteiger charge is -2.12. The summed E-state index contributed by atoms with van der Waals surface area (Å²) >= 11 is 0. The lowest BCUT2D eigenvalue weighted by Crippen LogP contribution is -2.32. The minimum Gasteiger partial charge on any atom is -0.432 e. The average Bonchev–Trinajstić information content (AvgIpc) is 2.72. The van der Waals surface area contributed by atoms with Gasteiger partial charge < -0.3 is 4.74 Å². The summed E-state index contributed by atoms with van der Waals surface area (Å²) in [5.41, 5.74) is 1.02. The SMILES string of the molecule is O=C(OCCc1ccccc1)ON1C(=O)CCC1=O. The molecule has 0 aliphatic carbocycles. The first kappa shape index (κ1) is 13.1. The summed E-state index contributed by atoms with van der Waals surface area (Å²) in [5, 5.41) is 0.463. The van der Waals surface area contributed by atoms with Crippen LogP contribution in [0.5, 0.6) is 0 Å². The van der Waals surface area contributed by atoms with Crippen molar-refractivity contribution in [3.63, 3.8) is 0 Å². The molecule has 6 nitrogen and oxygen atoms in total. The second kappa shape index (κ2) is 5.99. The number of carbonyl (C=O) groups is 3. The van der Waals surface area contributed by atoms with E-state index in [1.165, 1.54) is 0 Å². The van der Waals surface area contributed by atoms with Gasteiger partial charge in [0.05, 0.1) is 6.61 Å². The van der Waals surface area contributed by atoms with Crippen molar-refractivity contribution in [2.24, 2.45) is 0 Å². The van der Waals surface area contributed by atoms with Gasteiger partial charge in [0.2, 0.25) is 0 Å². The number of carbonyl (C=O) groups excluding carboxylic acids is 3. The number of hydrogen-bond acceptors (Lipinski definition) is 5. The molecule has 1 heterocycles. The zero-order valence-corrected chi connectivity index (χ0v) is 10.2. The summed E-state index contributed by atoms with van der Waals surface area (Å²) in [5.74, 6) is -1.05. The number of ether oxygens (including phenoxy) is 1. The molecule has 1 aliphatic rings. The fourth-order valence-corrected chi connectivity index (χ4v) is 1.66. The summed E-state index contributed by atoms with van der Waals surface area (Å²) in [6.07, 6.45) is -0.371. The van der Waals surface area contributed by atoms with E-state index in [1.807, 2.05) is 30.3 Å². The van der Waals surface area contributed by atoms with Crippen molar-refractivity contribution in [3.8, 4) is 0 Å². The molecule has 1 aromatic carbocycles. The summed E-state index contributed by atoms with van der Waals surface area (Å²) in [4.78, 5) is 38.2. The third kappa shape index (κ3) is 3.54. The Hall–Kier alpha value is -2.37. The molecule has 19 heavy (non-hydrogen) atoms. The highest BCUT2D eigenvalue weighted by Crippen LogP contribution is 2.12. The molecule has 0 radical (unpaired) electrons. The van der Waals surface area contributed by atoms with Crippen LogP contribution in [0.2, 0.25) is 0 Å². The van der Waals surface area contributed by atoms with Gasteiger partial charge in [-0.1, -0.05) is 35.4 Å². The molecule has 1 aliphatic heterocycles. The second-order valence-electron chi connectivity index (χ2n) is 4.01. The minimum atomic E-state index is -1.04. The van der Waals surface area contributed by atoms with E-state index >= 15 is 0 Å². The number of hydroxylamine groups is 2. The van der Waals surface area contributed by atoms with Crippen LogP contribution in [0, 0.1) is 0 Å². The van der Waals surface area contributed by atoms with E-state index in [0.29, 0.717) is 11.5 Å². The lowest BCUT2D eigenvalue weighted by atomic mass is 10.2. The van der Waals surface area contributed by atoms with Crippen molar-refractivity contribution in [3.05, 3.63) is 35.9 Å². The van der Waals surface area contributed by atoms with Crippen LogP contribution in [0.4, 0.5) is 4.79 Å². The van der Waals surface area contributed by atoms with Gasteiger partial charge in [-0.3, -0.25) is 14.4 Å². The molecule has 0 aromatic heterocycles. The van der Waals surface area contributed by atoms with Crippen molar-refractivity contribution in [2.45, 2.75) is 19.3 Å². The maximum Gasteiger partial charge on any atom is 0.533 e. The highest BCUT2D eigenvalue weighted by molar-refractivity contribution is 6.01. The molecule has 6 heteroatoms. The minimum absolute atomic E-state index is 0.0656. The number of rotatable bonds is 4. The molecule has 2 amide bonds. The van der Waals surface area contributed by atoms with Gasteiger partial charge in [-0.25, -0.2) is 4.79 Å². The Kier molecular flexibility index (Phi) is 4.12. The molecule has 0 unspecified atom stereocenters. The maximum absolute atomic E-state index is 11.3. The molecule has 1 fully saturated rings. The van der Waals surface area contributed by atoms with E-state index in [2.05, 4.69) is 4.84 Å². The third-order valence-electron chi connectivity index (χ3n) is 2.63. The maximum atomic E-state index is 11.3. The molecule has 2 rings (SSSR count). The number of hydrogen-bond donors (Lipinski definition) is 0. The Morgan fingerprint density at radius 1 is 1.11 bits per heavy atom. The van der Waals surface area contributed by atoms with Crippen LogP contribution in [0.15, 0.2) is 30.3 Å². The van der Waals surface area contributed by atoms with Gasteiger partial charge in [0.25, 0.3) is 11.8 Å². The van der Waals surface area contributed by atoms with E-state index in [-0.39, 0.29) is 19.4 Å². The smallest absolute Gasteiger partial charge is 0.432 e. The molecule has 1 saturated heterocycles. The van der Waals surface area contributed by atoms with Crippen LogP contribution in [0.1, 0.15) is 18.4 Å². The van der Waals surface area contributed by atoms with Crippen molar-refractivity contribution < 1.29 is 24.0 Å². The van der Waals surface area contributed by atoms with Gasteiger partial charge in [0.1, 0.15) is 0 Å². The van der Waals surface area contributed by atoms with Gasteiger partial charge >= 0.3 is 6.16 Å². The van der Waals surface area contributed by atoms with Gasteiger partial charge in [-0.15, -0.1) is 0 Å².